The lowest BCUT2D eigenvalue weighted by molar-refractivity contribution is -0.143. The number of rotatable bonds is 3. The number of piperidine rings is 2. The summed E-state index contributed by atoms with van der Waals surface area (Å²) < 4.78 is 0. The van der Waals surface area contributed by atoms with E-state index in [-0.39, 0.29) is 24.4 Å². The molecule has 2 fully saturated rings. The quantitative estimate of drug-likeness (QED) is 0.833. The van der Waals surface area contributed by atoms with E-state index in [9.17, 15) is 19.5 Å². The maximum atomic E-state index is 12.9. The van der Waals surface area contributed by atoms with Crippen molar-refractivity contribution in [2.24, 2.45) is 11.8 Å². The van der Waals surface area contributed by atoms with Crippen molar-refractivity contribution in [3.8, 4) is 0 Å². The summed E-state index contributed by atoms with van der Waals surface area (Å²) in [5, 5.41) is 12.1. The van der Waals surface area contributed by atoms with Gasteiger partial charge in [0.05, 0.1) is 5.92 Å². The predicted octanol–water partition coefficient (Wildman–Crippen LogP) is 3.20. The molecule has 0 spiro atoms. The highest BCUT2D eigenvalue weighted by Crippen LogP contribution is 2.24. The molecule has 7 heteroatoms. The van der Waals surface area contributed by atoms with Crippen molar-refractivity contribution in [1.29, 1.82) is 0 Å². The van der Waals surface area contributed by atoms with Crippen LogP contribution in [-0.4, -0.2) is 59.0 Å². The fourth-order valence-corrected chi connectivity index (χ4v) is 4.10. The molecule has 2 saturated heterocycles. The standard InChI is InChI=1S/C21H29N3O4/c1-14-10-16(20(26)27)13-24(12-14)21(28)22-17-7-6-15(2)18(11-17)19(25)23-8-4-3-5-9-23/h6-7,11,14,16H,3-5,8-10,12-13H2,1-2H3,(H,22,28)(H,26,27). The molecule has 7 nitrogen and oxygen atoms in total. The first-order valence-corrected chi connectivity index (χ1v) is 10.0. The van der Waals surface area contributed by atoms with Crippen LogP contribution < -0.4 is 5.32 Å². The van der Waals surface area contributed by atoms with Gasteiger partial charge in [-0.25, -0.2) is 4.79 Å². The molecule has 0 aromatic heterocycles. The normalized spacial score (nSPS) is 22.6. The zero-order chi connectivity index (χ0) is 20.3. The largest absolute Gasteiger partial charge is 0.481 e. The minimum Gasteiger partial charge on any atom is -0.481 e. The second kappa shape index (κ2) is 8.63. The number of urea groups is 1. The average molecular weight is 387 g/mol. The lowest BCUT2D eigenvalue weighted by Crippen LogP contribution is -2.47. The van der Waals surface area contributed by atoms with E-state index in [2.05, 4.69) is 5.32 Å². The molecule has 1 aromatic carbocycles. The summed E-state index contributed by atoms with van der Waals surface area (Å²) in [5.74, 6) is -1.27. The summed E-state index contributed by atoms with van der Waals surface area (Å²) in [6.45, 7) is 6.13. The van der Waals surface area contributed by atoms with Gasteiger partial charge in [0.15, 0.2) is 0 Å². The van der Waals surface area contributed by atoms with Gasteiger partial charge in [-0.1, -0.05) is 13.0 Å². The molecule has 2 unspecified atom stereocenters. The molecule has 2 heterocycles. The third kappa shape index (κ3) is 4.64. The molecule has 0 saturated carbocycles. The van der Waals surface area contributed by atoms with Crippen LogP contribution in [-0.2, 0) is 4.79 Å². The van der Waals surface area contributed by atoms with Gasteiger partial charge in [-0.15, -0.1) is 0 Å². The minimum absolute atomic E-state index is 0.00540. The number of anilines is 1. The number of likely N-dealkylation sites (tertiary alicyclic amines) is 2. The Morgan fingerprint density at radius 3 is 2.46 bits per heavy atom. The van der Waals surface area contributed by atoms with Gasteiger partial charge in [0.1, 0.15) is 0 Å². The Balaban J connectivity index is 1.71. The van der Waals surface area contributed by atoms with Crippen LogP contribution in [0.3, 0.4) is 0 Å². The molecule has 152 valence electrons. The number of nitrogens with one attached hydrogen (secondary N) is 1. The molecule has 2 atom stereocenters. The number of benzene rings is 1. The molecule has 28 heavy (non-hydrogen) atoms. The average Bonchev–Trinajstić information content (AvgIpc) is 2.69. The number of carboxylic acids is 1. The van der Waals surface area contributed by atoms with Gasteiger partial charge in [-0.2, -0.15) is 0 Å². The SMILES string of the molecule is Cc1ccc(NC(=O)N2CC(C)CC(C(=O)O)C2)cc1C(=O)N1CCCCC1. The number of aliphatic carboxylic acids is 1. The second-order valence-electron chi connectivity index (χ2n) is 8.09. The number of amides is 3. The van der Waals surface area contributed by atoms with Crippen LogP contribution in [0.25, 0.3) is 0 Å². The summed E-state index contributed by atoms with van der Waals surface area (Å²) in [6.07, 6.45) is 3.79. The van der Waals surface area contributed by atoms with E-state index < -0.39 is 11.9 Å². The van der Waals surface area contributed by atoms with E-state index in [4.69, 9.17) is 0 Å². The Morgan fingerprint density at radius 1 is 1.07 bits per heavy atom. The fourth-order valence-electron chi connectivity index (χ4n) is 4.10. The molecule has 3 rings (SSSR count). The number of carbonyl (C=O) groups excluding carboxylic acids is 2. The Morgan fingerprint density at radius 2 is 1.79 bits per heavy atom. The number of hydrogen-bond donors (Lipinski definition) is 2. The summed E-state index contributed by atoms with van der Waals surface area (Å²) in [7, 11) is 0. The minimum atomic E-state index is -0.867. The third-order valence-corrected chi connectivity index (χ3v) is 5.66. The number of aryl methyl sites for hydroxylation is 1. The summed E-state index contributed by atoms with van der Waals surface area (Å²) >= 11 is 0. The molecule has 1 aromatic rings. The first-order chi connectivity index (χ1) is 13.3. The van der Waals surface area contributed by atoms with Gasteiger partial charge < -0.3 is 20.2 Å². The summed E-state index contributed by atoms with van der Waals surface area (Å²) in [6, 6.07) is 5.03. The summed E-state index contributed by atoms with van der Waals surface area (Å²) in [4.78, 5) is 40.3. The smallest absolute Gasteiger partial charge is 0.321 e. The highest BCUT2D eigenvalue weighted by atomic mass is 16.4. The first kappa shape index (κ1) is 20.2. The molecule has 0 radical (unpaired) electrons. The van der Waals surface area contributed by atoms with Gasteiger partial charge in [-0.3, -0.25) is 9.59 Å². The van der Waals surface area contributed by atoms with Gasteiger partial charge in [0.2, 0.25) is 0 Å². The molecule has 0 aliphatic carbocycles. The van der Waals surface area contributed by atoms with Crippen LogP contribution in [0.1, 0.15) is 48.5 Å². The predicted molar refractivity (Wildman–Crippen MR) is 106 cm³/mol. The Bertz CT molecular complexity index is 758. The van der Waals surface area contributed by atoms with Crippen molar-refractivity contribution in [1.82, 2.24) is 9.80 Å². The van der Waals surface area contributed by atoms with E-state index >= 15 is 0 Å². The summed E-state index contributed by atoms with van der Waals surface area (Å²) in [5.41, 5.74) is 2.04. The van der Waals surface area contributed by atoms with Gasteiger partial charge in [-0.05, 0) is 56.2 Å². The Hall–Kier alpha value is -2.57. The molecular formula is C21H29N3O4. The Labute approximate surface area is 165 Å². The molecule has 3 amide bonds. The van der Waals surface area contributed by atoms with Crippen LogP contribution in [0.5, 0.6) is 0 Å². The van der Waals surface area contributed by atoms with Crippen LogP contribution in [0, 0.1) is 18.8 Å². The van der Waals surface area contributed by atoms with Crippen molar-refractivity contribution >= 4 is 23.6 Å². The maximum Gasteiger partial charge on any atom is 0.321 e. The molecular weight excluding hydrogens is 358 g/mol. The van der Waals surface area contributed by atoms with E-state index in [0.29, 0.717) is 24.2 Å². The topological polar surface area (TPSA) is 90.0 Å². The molecule has 2 aliphatic heterocycles. The van der Waals surface area contributed by atoms with E-state index in [1.54, 1.807) is 17.0 Å². The lowest BCUT2D eigenvalue weighted by atomic mass is 9.91. The van der Waals surface area contributed by atoms with Crippen molar-refractivity contribution < 1.29 is 19.5 Å². The van der Waals surface area contributed by atoms with Crippen LogP contribution in [0.2, 0.25) is 0 Å². The zero-order valence-corrected chi connectivity index (χ0v) is 16.6. The van der Waals surface area contributed by atoms with Gasteiger partial charge in [0.25, 0.3) is 5.91 Å². The van der Waals surface area contributed by atoms with Crippen LogP contribution >= 0.6 is 0 Å². The molecule has 2 N–H and O–H groups in total. The number of nitrogens with zero attached hydrogens (tertiary/aromatic N) is 2. The first-order valence-electron chi connectivity index (χ1n) is 10.0. The van der Waals surface area contributed by atoms with Crippen molar-refractivity contribution in [2.75, 3.05) is 31.5 Å². The Kier molecular flexibility index (Phi) is 6.21. The van der Waals surface area contributed by atoms with Gasteiger partial charge >= 0.3 is 12.0 Å². The number of hydrogen-bond acceptors (Lipinski definition) is 3. The van der Waals surface area contributed by atoms with E-state index in [0.717, 1.165) is 37.9 Å². The van der Waals surface area contributed by atoms with E-state index in [1.165, 1.54) is 0 Å². The van der Waals surface area contributed by atoms with Crippen LogP contribution in [0.4, 0.5) is 10.5 Å². The highest BCUT2D eigenvalue weighted by molar-refractivity contribution is 5.98. The van der Waals surface area contributed by atoms with Crippen LogP contribution in [0.15, 0.2) is 18.2 Å². The van der Waals surface area contributed by atoms with Gasteiger partial charge in [0, 0.05) is 37.4 Å². The number of carbonyl (C=O) groups is 3. The van der Waals surface area contributed by atoms with Crippen molar-refractivity contribution in [3.63, 3.8) is 0 Å². The second-order valence-corrected chi connectivity index (χ2v) is 8.09. The van der Waals surface area contributed by atoms with E-state index in [1.807, 2.05) is 24.8 Å². The fraction of sp³-hybridized carbons (Fsp3) is 0.571. The maximum absolute atomic E-state index is 12.9. The number of carboxylic acid groups (broad SMARTS) is 1. The zero-order valence-electron chi connectivity index (χ0n) is 16.6. The third-order valence-electron chi connectivity index (χ3n) is 5.66. The highest BCUT2D eigenvalue weighted by Gasteiger charge is 2.32. The molecule has 0 bridgehead atoms. The lowest BCUT2D eigenvalue weighted by Gasteiger charge is -2.34. The van der Waals surface area contributed by atoms with Crippen molar-refractivity contribution in [3.05, 3.63) is 29.3 Å². The molecule has 2 aliphatic rings. The monoisotopic (exact) mass is 387 g/mol. The van der Waals surface area contributed by atoms with Crippen molar-refractivity contribution in [2.45, 2.75) is 39.5 Å².